The number of nitrogens with zero attached hydrogens (tertiary/aromatic N) is 3. The summed E-state index contributed by atoms with van der Waals surface area (Å²) >= 11 is 0. The molecule has 0 bridgehead atoms. The molecule has 1 atom stereocenters. The van der Waals surface area contributed by atoms with Crippen LogP contribution in [0.15, 0.2) is 4.99 Å². The topological polar surface area (TPSA) is 18.8 Å². The first kappa shape index (κ1) is 10.7. The van der Waals surface area contributed by atoms with Crippen molar-refractivity contribution < 1.29 is 0 Å². The molecule has 13 heavy (non-hydrogen) atoms. The molecule has 0 radical (unpaired) electrons. The number of likely N-dealkylation sites (tertiary alicyclic amines) is 1. The standard InChI is InChI=1S/C10H21N3/c1-10-4-6-13(8-10)7-5-11-9-12(2)3/h5,10H,4,6-9H2,1-3H3. The van der Waals surface area contributed by atoms with Gasteiger partial charge in [0, 0.05) is 19.3 Å². The van der Waals surface area contributed by atoms with Crippen LogP contribution in [-0.4, -0.2) is 56.4 Å². The smallest absolute Gasteiger partial charge is 0.0901 e. The Hall–Kier alpha value is -0.410. The molecule has 1 aliphatic heterocycles. The van der Waals surface area contributed by atoms with E-state index in [1.807, 2.05) is 20.3 Å². The van der Waals surface area contributed by atoms with Gasteiger partial charge in [0.2, 0.25) is 0 Å². The SMILES string of the molecule is CC1CCN(CC=NCN(C)C)C1. The maximum atomic E-state index is 4.32. The fourth-order valence-electron chi connectivity index (χ4n) is 1.59. The summed E-state index contributed by atoms with van der Waals surface area (Å²) < 4.78 is 0. The zero-order chi connectivity index (χ0) is 9.68. The van der Waals surface area contributed by atoms with Gasteiger partial charge in [-0.1, -0.05) is 6.92 Å². The van der Waals surface area contributed by atoms with Crippen molar-refractivity contribution in [2.75, 3.05) is 40.4 Å². The minimum atomic E-state index is 0.809. The Morgan fingerprint density at radius 3 is 2.85 bits per heavy atom. The van der Waals surface area contributed by atoms with Crippen molar-refractivity contribution in [1.82, 2.24) is 9.80 Å². The third-order valence-electron chi connectivity index (χ3n) is 2.34. The molecule has 1 fully saturated rings. The lowest BCUT2D eigenvalue weighted by Crippen LogP contribution is -2.23. The molecule has 3 nitrogen and oxygen atoms in total. The summed E-state index contributed by atoms with van der Waals surface area (Å²) in [6.07, 6.45) is 3.39. The first-order valence-electron chi connectivity index (χ1n) is 5.04. The molecular weight excluding hydrogens is 162 g/mol. The largest absolute Gasteiger partial charge is 0.298 e. The summed E-state index contributed by atoms with van der Waals surface area (Å²) in [7, 11) is 4.07. The van der Waals surface area contributed by atoms with Crippen molar-refractivity contribution in [2.24, 2.45) is 10.9 Å². The predicted molar refractivity (Wildman–Crippen MR) is 57.3 cm³/mol. The summed E-state index contributed by atoms with van der Waals surface area (Å²) in [6.45, 7) is 6.64. The fourth-order valence-corrected chi connectivity index (χ4v) is 1.59. The van der Waals surface area contributed by atoms with Crippen LogP contribution in [0.3, 0.4) is 0 Å². The van der Waals surface area contributed by atoms with Gasteiger partial charge in [0.25, 0.3) is 0 Å². The summed E-state index contributed by atoms with van der Waals surface area (Å²) in [5, 5.41) is 0. The molecule has 3 heteroatoms. The first-order valence-corrected chi connectivity index (χ1v) is 5.04. The van der Waals surface area contributed by atoms with Gasteiger partial charge in [-0.05, 0) is 33.0 Å². The van der Waals surface area contributed by atoms with E-state index in [0.717, 1.165) is 19.1 Å². The highest BCUT2D eigenvalue weighted by Gasteiger charge is 2.16. The van der Waals surface area contributed by atoms with Crippen LogP contribution in [0.2, 0.25) is 0 Å². The van der Waals surface area contributed by atoms with E-state index in [0.29, 0.717) is 0 Å². The molecule has 0 amide bonds. The average Bonchev–Trinajstić information content (AvgIpc) is 2.45. The molecule has 76 valence electrons. The molecule has 0 aromatic carbocycles. The van der Waals surface area contributed by atoms with E-state index in [-0.39, 0.29) is 0 Å². The molecule has 0 aromatic rings. The minimum absolute atomic E-state index is 0.809. The second kappa shape index (κ2) is 5.35. The van der Waals surface area contributed by atoms with Gasteiger partial charge in [0.1, 0.15) is 0 Å². The van der Waals surface area contributed by atoms with E-state index in [1.54, 1.807) is 0 Å². The molecular formula is C10H21N3. The quantitative estimate of drug-likeness (QED) is 0.604. The van der Waals surface area contributed by atoms with E-state index in [9.17, 15) is 0 Å². The normalized spacial score (nSPS) is 25.1. The van der Waals surface area contributed by atoms with Crippen molar-refractivity contribution in [3.63, 3.8) is 0 Å². The summed E-state index contributed by atoms with van der Waals surface area (Å²) in [6, 6.07) is 0. The lowest BCUT2D eigenvalue weighted by atomic mass is 10.2. The molecule has 0 aliphatic carbocycles. The van der Waals surface area contributed by atoms with Crippen LogP contribution in [0, 0.1) is 5.92 Å². The van der Waals surface area contributed by atoms with E-state index < -0.39 is 0 Å². The minimum Gasteiger partial charge on any atom is -0.298 e. The first-order chi connectivity index (χ1) is 6.18. The third kappa shape index (κ3) is 4.39. The Bertz CT molecular complexity index is 166. The van der Waals surface area contributed by atoms with Crippen LogP contribution in [0.4, 0.5) is 0 Å². The Morgan fingerprint density at radius 1 is 1.54 bits per heavy atom. The second-order valence-corrected chi connectivity index (χ2v) is 4.24. The van der Waals surface area contributed by atoms with Crippen LogP contribution in [0.1, 0.15) is 13.3 Å². The van der Waals surface area contributed by atoms with Crippen LogP contribution in [-0.2, 0) is 0 Å². The van der Waals surface area contributed by atoms with E-state index in [4.69, 9.17) is 0 Å². The van der Waals surface area contributed by atoms with E-state index in [1.165, 1.54) is 19.5 Å². The van der Waals surface area contributed by atoms with Crippen LogP contribution in [0.25, 0.3) is 0 Å². The van der Waals surface area contributed by atoms with Crippen molar-refractivity contribution in [2.45, 2.75) is 13.3 Å². The molecule has 1 saturated heterocycles. The predicted octanol–water partition coefficient (Wildman–Crippen LogP) is 0.918. The van der Waals surface area contributed by atoms with Crippen molar-refractivity contribution >= 4 is 6.21 Å². The Balaban J connectivity index is 2.08. The molecule has 0 spiro atoms. The highest BCUT2D eigenvalue weighted by Crippen LogP contribution is 2.13. The summed E-state index contributed by atoms with van der Waals surface area (Å²) in [5.74, 6) is 0.877. The molecule has 1 rings (SSSR count). The Labute approximate surface area is 81.4 Å². The zero-order valence-electron chi connectivity index (χ0n) is 9.03. The molecule has 1 heterocycles. The van der Waals surface area contributed by atoms with E-state index >= 15 is 0 Å². The van der Waals surface area contributed by atoms with Crippen LogP contribution in [0.5, 0.6) is 0 Å². The van der Waals surface area contributed by atoms with Crippen molar-refractivity contribution in [3.8, 4) is 0 Å². The average molecular weight is 183 g/mol. The number of hydrogen-bond donors (Lipinski definition) is 0. The number of aliphatic imine (C=N–C) groups is 1. The van der Waals surface area contributed by atoms with Gasteiger partial charge in [0.05, 0.1) is 6.67 Å². The maximum Gasteiger partial charge on any atom is 0.0901 e. The highest BCUT2D eigenvalue weighted by atomic mass is 15.2. The Morgan fingerprint density at radius 2 is 2.31 bits per heavy atom. The van der Waals surface area contributed by atoms with Crippen LogP contribution < -0.4 is 0 Å². The zero-order valence-corrected chi connectivity index (χ0v) is 9.03. The van der Waals surface area contributed by atoms with Gasteiger partial charge in [0.15, 0.2) is 0 Å². The van der Waals surface area contributed by atoms with Gasteiger partial charge < -0.3 is 0 Å². The lowest BCUT2D eigenvalue weighted by Gasteiger charge is -2.11. The molecule has 0 aromatic heterocycles. The Kier molecular flexibility index (Phi) is 4.39. The lowest BCUT2D eigenvalue weighted by molar-refractivity contribution is 0.374. The fraction of sp³-hybridized carbons (Fsp3) is 0.900. The van der Waals surface area contributed by atoms with Gasteiger partial charge in [-0.15, -0.1) is 0 Å². The summed E-state index contributed by atoms with van der Waals surface area (Å²) in [5.41, 5.74) is 0. The van der Waals surface area contributed by atoms with E-state index in [2.05, 4.69) is 21.7 Å². The molecule has 0 saturated carbocycles. The highest BCUT2D eigenvalue weighted by molar-refractivity contribution is 5.59. The molecule has 0 N–H and O–H groups in total. The maximum absolute atomic E-state index is 4.32. The van der Waals surface area contributed by atoms with Crippen molar-refractivity contribution in [1.29, 1.82) is 0 Å². The van der Waals surface area contributed by atoms with Gasteiger partial charge >= 0.3 is 0 Å². The van der Waals surface area contributed by atoms with Gasteiger partial charge in [-0.2, -0.15) is 0 Å². The van der Waals surface area contributed by atoms with Crippen LogP contribution >= 0.6 is 0 Å². The third-order valence-corrected chi connectivity index (χ3v) is 2.34. The molecule has 1 aliphatic rings. The van der Waals surface area contributed by atoms with Gasteiger partial charge in [-0.3, -0.25) is 14.8 Å². The monoisotopic (exact) mass is 183 g/mol. The number of hydrogen-bond acceptors (Lipinski definition) is 3. The van der Waals surface area contributed by atoms with Crippen molar-refractivity contribution in [3.05, 3.63) is 0 Å². The number of rotatable bonds is 4. The summed E-state index contributed by atoms with van der Waals surface area (Å²) in [4.78, 5) is 8.85. The molecule has 1 unspecified atom stereocenters. The van der Waals surface area contributed by atoms with Gasteiger partial charge in [-0.25, -0.2) is 0 Å². The second-order valence-electron chi connectivity index (χ2n) is 4.24.